The van der Waals surface area contributed by atoms with Gasteiger partial charge in [0.2, 0.25) is 6.10 Å². The molecule has 1 aliphatic rings. The number of fused-ring (bicyclic) bond motifs is 1. The summed E-state index contributed by atoms with van der Waals surface area (Å²) in [6.07, 6.45) is -0.842. The molecule has 0 saturated heterocycles. The van der Waals surface area contributed by atoms with E-state index in [1.165, 1.54) is 22.6 Å². The van der Waals surface area contributed by atoms with Crippen LogP contribution >= 0.6 is 0 Å². The maximum absolute atomic E-state index is 13.4. The van der Waals surface area contributed by atoms with Gasteiger partial charge in [-0.15, -0.1) is 0 Å². The fourth-order valence-electron chi connectivity index (χ4n) is 3.52. The van der Waals surface area contributed by atoms with Gasteiger partial charge in [0.1, 0.15) is 0 Å². The van der Waals surface area contributed by atoms with Crippen LogP contribution in [0.4, 0.5) is 11.6 Å². The minimum absolute atomic E-state index is 0.0144. The molecule has 1 atom stereocenters. The van der Waals surface area contributed by atoms with Crippen LogP contribution in [0.25, 0.3) is 0 Å². The normalized spacial score (nSPS) is 15.9. The van der Waals surface area contributed by atoms with Crippen LogP contribution in [0.5, 0.6) is 5.75 Å². The molecule has 2 aromatic carbocycles. The van der Waals surface area contributed by atoms with Crippen LogP contribution in [0.15, 0.2) is 66.7 Å². The Morgan fingerprint density at radius 3 is 2.32 bits per heavy atom. The van der Waals surface area contributed by atoms with Crippen LogP contribution in [-0.2, 0) is 16.8 Å². The number of pyridine rings is 1. The van der Waals surface area contributed by atoms with Crippen molar-refractivity contribution in [3.63, 3.8) is 0 Å². The van der Waals surface area contributed by atoms with Gasteiger partial charge in [0.05, 0.1) is 6.54 Å². The van der Waals surface area contributed by atoms with Gasteiger partial charge in [-0.2, -0.15) is 0 Å². The molecular weight excluding hydrogens is 394 g/mol. The number of hydrogen-bond donors (Lipinski definition) is 0. The number of nitrogens with zero attached hydrogens (tertiary/aromatic N) is 3. The van der Waals surface area contributed by atoms with Crippen molar-refractivity contribution in [1.29, 1.82) is 0 Å². The molecule has 0 aliphatic carbocycles. The summed E-state index contributed by atoms with van der Waals surface area (Å²) in [5, 5.41) is 11.2. The second-order valence-corrected chi connectivity index (χ2v) is 8.53. The molecule has 1 aromatic heterocycles. The Hall–Kier alpha value is -3.74. The standard InChI is InChI=1S/C24H23N3O4/c1-24(2,3)18-11-9-16(10-12-18)15-26-22-19(13-14-20(25-22)27(29)30)31-21(23(26)28)17-7-5-4-6-8-17/h4-14,21H,15H2,1-3H3. The van der Waals surface area contributed by atoms with E-state index in [0.717, 1.165) is 5.56 Å². The third kappa shape index (κ3) is 4.12. The lowest BCUT2D eigenvalue weighted by Crippen LogP contribution is -2.41. The van der Waals surface area contributed by atoms with Crippen molar-refractivity contribution in [1.82, 2.24) is 4.98 Å². The van der Waals surface area contributed by atoms with E-state index in [2.05, 4.69) is 25.8 Å². The maximum atomic E-state index is 13.4. The van der Waals surface area contributed by atoms with Crippen LogP contribution in [0.1, 0.15) is 43.6 Å². The van der Waals surface area contributed by atoms with Crippen molar-refractivity contribution >= 4 is 17.5 Å². The molecule has 0 radical (unpaired) electrons. The minimum Gasteiger partial charge on any atom is -0.469 e. The molecule has 0 saturated carbocycles. The number of anilines is 1. The van der Waals surface area contributed by atoms with E-state index in [1.54, 1.807) is 0 Å². The summed E-state index contributed by atoms with van der Waals surface area (Å²) in [6, 6.07) is 20.0. The highest BCUT2D eigenvalue weighted by Gasteiger charge is 2.39. The van der Waals surface area contributed by atoms with Crippen LogP contribution in [0, 0.1) is 10.1 Å². The SMILES string of the molecule is CC(C)(C)c1ccc(CN2C(=O)C(c3ccccc3)Oc3ccc([N+](=O)[O-])nc32)cc1. The Morgan fingerprint density at radius 1 is 1.03 bits per heavy atom. The highest BCUT2D eigenvalue weighted by atomic mass is 16.6. The first-order valence-electron chi connectivity index (χ1n) is 10.0. The number of hydrogen-bond acceptors (Lipinski definition) is 5. The van der Waals surface area contributed by atoms with Gasteiger partial charge in [-0.3, -0.25) is 9.69 Å². The topological polar surface area (TPSA) is 85.6 Å². The first-order chi connectivity index (χ1) is 14.7. The molecule has 158 valence electrons. The fourth-order valence-corrected chi connectivity index (χ4v) is 3.52. The number of aromatic nitrogens is 1. The average molecular weight is 417 g/mol. The Morgan fingerprint density at radius 2 is 1.71 bits per heavy atom. The number of rotatable bonds is 4. The highest BCUT2D eigenvalue weighted by molar-refractivity contribution is 5.99. The van der Waals surface area contributed by atoms with E-state index in [0.29, 0.717) is 11.3 Å². The zero-order valence-corrected chi connectivity index (χ0v) is 17.6. The lowest BCUT2D eigenvalue weighted by molar-refractivity contribution is -0.389. The molecule has 0 N–H and O–H groups in total. The summed E-state index contributed by atoms with van der Waals surface area (Å²) in [5.41, 5.74) is 2.81. The summed E-state index contributed by atoms with van der Waals surface area (Å²) in [5.74, 6) is -0.148. The number of benzene rings is 2. The second kappa shape index (κ2) is 7.83. The number of carbonyl (C=O) groups is 1. The van der Waals surface area contributed by atoms with Crippen molar-refractivity contribution < 1.29 is 14.5 Å². The summed E-state index contributed by atoms with van der Waals surface area (Å²) in [7, 11) is 0. The van der Waals surface area contributed by atoms with Gasteiger partial charge < -0.3 is 14.9 Å². The molecule has 31 heavy (non-hydrogen) atoms. The van der Waals surface area contributed by atoms with E-state index < -0.39 is 11.0 Å². The second-order valence-electron chi connectivity index (χ2n) is 8.53. The van der Waals surface area contributed by atoms with Crippen molar-refractivity contribution in [2.45, 2.75) is 38.8 Å². The van der Waals surface area contributed by atoms with E-state index in [9.17, 15) is 14.9 Å². The third-order valence-electron chi connectivity index (χ3n) is 5.27. The lowest BCUT2D eigenvalue weighted by atomic mass is 9.87. The predicted octanol–water partition coefficient (Wildman–Crippen LogP) is 4.95. The lowest BCUT2D eigenvalue weighted by Gasteiger charge is -2.31. The number of amides is 1. The van der Waals surface area contributed by atoms with Crippen molar-refractivity contribution in [3.8, 4) is 5.75 Å². The zero-order chi connectivity index (χ0) is 22.2. The summed E-state index contributed by atoms with van der Waals surface area (Å²) < 4.78 is 5.92. The van der Waals surface area contributed by atoms with Gasteiger partial charge in [0, 0.05) is 11.6 Å². The van der Waals surface area contributed by atoms with E-state index in [-0.39, 0.29) is 29.5 Å². The van der Waals surface area contributed by atoms with Gasteiger partial charge in [0.15, 0.2) is 5.75 Å². The number of nitro groups is 1. The molecule has 1 aliphatic heterocycles. The molecule has 0 spiro atoms. The number of ether oxygens (including phenoxy) is 1. The van der Waals surface area contributed by atoms with E-state index in [4.69, 9.17) is 4.74 Å². The quantitative estimate of drug-likeness (QED) is 0.443. The largest absolute Gasteiger partial charge is 0.469 e. The van der Waals surface area contributed by atoms with Gasteiger partial charge in [-0.25, -0.2) is 0 Å². The molecule has 1 unspecified atom stereocenters. The average Bonchev–Trinajstić information content (AvgIpc) is 2.75. The van der Waals surface area contributed by atoms with E-state index in [1.807, 2.05) is 54.6 Å². The molecule has 7 nitrogen and oxygen atoms in total. The van der Waals surface area contributed by atoms with Gasteiger partial charge in [0.25, 0.3) is 11.7 Å². The van der Waals surface area contributed by atoms with Crippen LogP contribution in [0.3, 0.4) is 0 Å². The van der Waals surface area contributed by atoms with Crippen LogP contribution in [-0.4, -0.2) is 15.8 Å². The van der Waals surface area contributed by atoms with Crippen LogP contribution in [0.2, 0.25) is 0 Å². The van der Waals surface area contributed by atoms with Crippen molar-refractivity contribution in [2.75, 3.05) is 4.90 Å². The predicted molar refractivity (Wildman–Crippen MR) is 117 cm³/mol. The monoisotopic (exact) mass is 417 g/mol. The molecule has 4 rings (SSSR count). The summed E-state index contributed by atoms with van der Waals surface area (Å²) in [4.78, 5) is 29.6. The first-order valence-corrected chi connectivity index (χ1v) is 10.0. The van der Waals surface area contributed by atoms with E-state index >= 15 is 0 Å². The molecule has 1 amide bonds. The third-order valence-corrected chi connectivity index (χ3v) is 5.27. The van der Waals surface area contributed by atoms with Gasteiger partial charge >= 0.3 is 5.82 Å². The molecule has 0 fully saturated rings. The Labute approximate surface area is 180 Å². The maximum Gasteiger partial charge on any atom is 0.366 e. The zero-order valence-electron chi connectivity index (χ0n) is 17.6. The Kier molecular flexibility index (Phi) is 5.19. The molecule has 2 heterocycles. The Balaban J connectivity index is 1.74. The smallest absolute Gasteiger partial charge is 0.366 e. The van der Waals surface area contributed by atoms with Gasteiger partial charge in [-0.05, 0) is 32.5 Å². The van der Waals surface area contributed by atoms with Crippen LogP contribution < -0.4 is 9.64 Å². The summed E-state index contributed by atoms with van der Waals surface area (Å²) >= 11 is 0. The molecule has 7 heteroatoms. The fraction of sp³-hybridized carbons (Fsp3) is 0.250. The molecule has 0 bridgehead atoms. The summed E-state index contributed by atoms with van der Waals surface area (Å²) in [6.45, 7) is 6.64. The van der Waals surface area contributed by atoms with Gasteiger partial charge in [-0.1, -0.05) is 75.4 Å². The molecule has 3 aromatic rings. The highest BCUT2D eigenvalue weighted by Crippen LogP contribution is 2.39. The number of carbonyl (C=O) groups excluding carboxylic acids is 1. The van der Waals surface area contributed by atoms with Crippen molar-refractivity contribution in [3.05, 3.63) is 93.5 Å². The van der Waals surface area contributed by atoms with Crippen molar-refractivity contribution in [2.24, 2.45) is 0 Å². The minimum atomic E-state index is -0.842. The first kappa shape index (κ1) is 20.5. The molecular formula is C24H23N3O4. The Bertz CT molecular complexity index is 1120.